The average molecular weight is 189 g/mol. The topological polar surface area (TPSA) is 65.0 Å². The van der Waals surface area contributed by atoms with Crippen LogP contribution in [-0.4, -0.2) is 34.4 Å². The molecule has 0 saturated carbocycles. The third-order valence-electron chi connectivity index (χ3n) is 1.76. The van der Waals surface area contributed by atoms with Crippen molar-refractivity contribution in [2.24, 2.45) is 0 Å². The zero-order chi connectivity index (χ0) is 9.14. The molecular weight excluding hydrogens is 176 g/mol. The van der Waals surface area contributed by atoms with E-state index in [1.807, 2.05) is 6.92 Å². The van der Waals surface area contributed by atoms with Crippen LogP contribution in [0.3, 0.4) is 0 Å². The molecule has 5 heteroatoms. The van der Waals surface area contributed by atoms with Crippen LogP contribution in [0.1, 0.15) is 13.3 Å². The van der Waals surface area contributed by atoms with Crippen LogP contribution >= 0.6 is 11.8 Å². The van der Waals surface area contributed by atoms with E-state index in [2.05, 4.69) is 5.73 Å². The lowest BCUT2D eigenvalue weighted by molar-refractivity contribution is -0.367. The van der Waals surface area contributed by atoms with E-state index in [1.165, 1.54) is 4.90 Å². The summed E-state index contributed by atoms with van der Waals surface area (Å²) in [6.07, 6.45) is 0.725. The maximum atomic E-state index is 11.4. The van der Waals surface area contributed by atoms with Crippen molar-refractivity contribution in [2.45, 2.75) is 18.6 Å². The standard InChI is InChI=1S/C7H12N2O2S/c1-2-5-6(10)9(4-3-8)7(11)12-5/h5H,2-4,8H2,1H3/p+1/t5-/m0/s1. The molecule has 0 bridgehead atoms. The van der Waals surface area contributed by atoms with E-state index in [0.29, 0.717) is 13.1 Å². The molecule has 12 heavy (non-hydrogen) atoms. The van der Waals surface area contributed by atoms with E-state index in [0.717, 1.165) is 18.2 Å². The van der Waals surface area contributed by atoms with Crippen molar-refractivity contribution < 1.29 is 15.3 Å². The Labute approximate surface area is 75.5 Å². The average Bonchev–Trinajstić information content (AvgIpc) is 2.32. The Hall–Kier alpha value is -0.550. The van der Waals surface area contributed by atoms with Gasteiger partial charge in [0.1, 0.15) is 0 Å². The molecule has 0 aromatic rings. The van der Waals surface area contributed by atoms with E-state index >= 15 is 0 Å². The van der Waals surface area contributed by atoms with Crippen LogP contribution in [0.2, 0.25) is 0 Å². The Morgan fingerprint density at radius 1 is 1.58 bits per heavy atom. The van der Waals surface area contributed by atoms with Gasteiger partial charge >= 0.3 is 0 Å². The van der Waals surface area contributed by atoms with Crippen LogP contribution in [0, 0.1) is 0 Å². The largest absolute Gasteiger partial charge is 0.356 e. The van der Waals surface area contributed by atoms with Gasteiger partial charge in [0, 0.05) is 0 Å². The Bertz CT molecular complexity index is 208. The number of hydrogen-bond acceptors (Lipinski definition) is 3. The van der Waals surface area contributed by atoms with Crippen LogP contribution in [0.25, 0.3) is 0 Å². The van der Waals surface area contributed by atoms with Crippen molar-refractivity contribution in [3.8, 4) is 0 Å². The third kappa shape index (κ3) is 1.61. The molecule has 1 aliphatic heterocycles. The number of thioether (sulfide) groups is 1. The van der Waals surface area contributed by atoms with Crippen molar-refractivity contribution in [3.05, 3.63) is 0 Å². The molecule has 4 nitrogen and oxygen atoms in total. The number of amides is 2. The highest BCUT2D eigenvalue weighted by Crippen LogP contribution is 2.28. The van der Waals surface area contributed by atoms with E-state index in [1.54, 1.807) is 0 Å². The summed E-state index contributed by atoms with van der Waals surface area (Å²) >= 11 is 1.13. The van der Waals surface area contributed by atoms with Crippen molar-refractivity contribution >= 4 is 22.9 Å². The second kappa shape index (κ2) is 3.91. The Morgan fingerprint density at radius 3 is 2.67 bits per heavy atom. The lowest BCUT2D eigenvalue weighted by Gasteiger charge is -2.09. The second-order valence-electron chi connectivity index (χ2n) is 2.62. The van der Waals surface area contributed by atoms with Gasteiger partial charge in [-0.15, -0.1) is 0 Å². The number of quaternary nitrogens is 1. The van der Waals surface area contributed by atoms with Gasteiger partial charge < -0.3 is 5.73 Å². The van der Waals surface area contributed by atoms with Crippen molar-refractivity contribution in [1.29, 1.82) is 0 Å². The maximum absolute atomic E-state index is 11.4. The predicted molar refractivity (Wildman–Crippen MR) is 46.5 cm³/mol. The van der Waals surface area contributed by atoms with Crippen LogP contribution in [-0.2, 0) is 4.79 Å². The van der Waals surface area contributed by atoms with Gasteiger partial charge in [0.05, 0.1) is 18.3 Å². The van der Waals surface area contributed by atoms with Crippen molar-refractivity contribution in [2.75, 3.05) is 13.1 Å². The molecule has 1 heterocycles. The molecule has 1 aliphatic rings. The molecule has 1 atom stereocenters. The minimum Gasteiger partial charge on any atom is -0.356 e. The lowest BCUT2D eigenvalue weighted by Crippen LogP contribution is -2.55. The Kier molecular flexibility index (Phi) is 3.11. The fourth-order valence-electron chi connectivity index (χ4n) is 1.12. The van der Waals surface area contributed by atoms with E-state index < -0.39 is 0 Å². The summed E-state index contributed by atoms with van der Waals surface area (Å²) in [5.41, 5.74) is 3.61. The fraction of sp³-hybridized carbons (Fsp3) is 0.714. The van der Waals surface area contributed by atoms with Crippen LogP contribution in [0.15, 0.2) is 0 Å². The number of imide groups is 1. The minimum atomic E-state index is -0.149. The molecular formula is C7H13N2O2S+. The van der Waals surface area contributed by atoms with Gasteiger partial charge in [-0.2, -0.15) is 0 Å². The predicted octanol–water partition coefficient (Wildman–Crippen LogP) is -0.298. The lowest BCUT2D eigenvalue weighted by atomic mass is 10.3. The zero-order valence-electron chi connectivity index (χ0n) is 7.08. The normalized spacial score (nSPS) is 23.8. The first-order valence-corrected chi connectivity index (χ1v) is 4.90. The summed E-state index contributed by atoms with van der Waals surface area (Å²) < 4.78 is 0. The van der Waals surface area contributed by atoms with E-state index in [-0.39, 0.29) is 16.4 Å². The molecule has 0 aromatic carbocycles. The molecule has 0 spiro atoms. The number of nitrogens with zero attached hydrogens (tertiary/aromatic N) is 1. The zero-order valence-corrected chi connectivity index (χ0v) is 7.89. The van der Waals surface area contributed by atoms with Gasteiger partial charge in [-0.25, -0.2) is 0 Å². The molecule has 68 valence electrons. The smallest absolute Gasteiger partial charge is 0.289 e. The summed E-state index contributed by atoms with van der Waals surface area (Å²) in [4.78, 5) is 23.9. The van der Waals surface area contributed by atoms with Gasteiger partial charge in [0.15, 0.2) is 0 Å². The van der Waals surface area contributed by atoms with E-state index in [4.69, 9.17) is 0 Å². The number of hydrogen-bond donors (Lipinski definition) is 1. The summed E-state index contributed by atoms with van der Waals surface area (Å²) in [6, 6.07) is 0. The van der Waals surface area contributed by atoms with Crippen molar-refractivity contribution in [3.63, 3.8) is 0 Å². The molecule has 1 fully saturated rings. The third-order valence-corrected chi connectivity index (χ3v) is 3.00. The Morgan fingerprint density at radius 2 is 2.25 bits per heavy atom. The van der Waals surface area contributed by atoms with Gasteiger partial charge in [0.2, 0.25) is 5.91 Å². The fourth-order valence-corrected chi connectivity index (χ4v) is 2.06. The van der Waals surface area contributed by atoms with Crippen LogP contribution in [0.4, 0.5) is 4.79 Å². The van der Waals surface area contributed by atoms with Gasteiger partial charge in [0.25, 0.3) is 5.24 Å². The molecule has 3 N–H and O–H groups in total. The maximum Gasteiger partial charge on any atom is 0.289 e. The number of carbonyl (C=O) groups is 2. The first kappa shape index (κ1) is 9.54. The van der Waals surface area contributed by atoms with Crippen LogP contribution in [0.5, 0.6) is 0 Å². The summed E-state index contributed by atoms with van der Waals surface area (Å²) in [6.45, 7) is 2.96. The highest BCUT2D eigenvalue weighted by atomic mass is 32.2. The van der Waals surface area contributed by atoms with Gasteiger partial charge in [-0.05, 0) is 6.42 Å². The SMILES string of the molecule is CC[C@@H]1SC(=O)N(CC[NH3+])C1=O. The number of rotatable bonds is 3. The summed E-state index contributed by atoms with van der Waals surface area (Å²) in [5, 5.41) is -0.264. The number of carbonyl (C=O) groups excluding carboxylic acids is 2. The van der Waals surface area contributed by atoms with Crippen molar-refractivity contribution in [1.82, 2.24) is 4.90 Å². The summed E-state index contributed by atoms with van der Waals surface area (Å²) in [7, 11) is 0. The van der Waals surface area contributed by atoms with Gasteiger partial charge in [-0.3, -0.25) is 14.5 Å². The highest BCUT2D eigenvalue weighted by Gasteiger charge is 2.37. The molecule has 0 unspecified atom stereocenters. The van der Waals surface area contributed by atoms with E-state index in [9.17, 15) is 9.59 Å². The van der Waals surface area contributed by atoms with Crippen LogP contribution < -0.4 is 5.73 Å². The Balaban J connectivity index is 2.64. The molecule has 0 aromatic heterocycles. The van der Waals surface area contributed by atoms with Gasteiger partial charge in [-0.1, -0.05) is 18.7 Å². The molecule has 0 aliphatic carbocycles. The molecule has 0 radical (unpaired) electrons. The quantitative estimate of drug-likeness (QED) is 0.663. The monoisotopic (exact) mass is 189 g/mol. The molecule has 2 amide bonds. The summed E-state index contributed by atoms with van der Waals surface area (Å²) in [5.74, 6) is -0.0452. The molecule has 1 saturated heterocycles. The second-order valence-corrected chi connectivity index (χ2v) is 3.78. The first-order valence-electron chi connectivity index (χ1n) is 4.02. The highest BCUT2D eigenvalue weighted by molar-refractivity contribution is 8.15. The minimum absolute atomic E-state index is 0.0452. The first-order chi connectivity index (χ1) is 5.70. The molecule has 1 rings (SSSR count).